The van der Waals surface area contributed by atoms with Crippen LogP contribution in [0.5, 0.6) is 0 Å². The van der Waals surface area contributed by atoms with Crippen LogP contribution in [0.25, 0.3) is 0 Å². The van der Waals surface area contributed by atoms with Gasteiger partial charge in [0.05, 0.1) is 6.54 Å². The molecule has 156 valence electrons. The molecule has 0 radical (unpaired) electrons. The predicted octanol–water partition coefficient (Wildman–Crippen LogP) is 4.29. The first-order chi connectivity index (χ1) is 13.1. The molecular weight excluding hydrogens is 481 g/mol. The molecule has 1 aromatic carbocycles. The average Bonchev–Trinajstić information content (AvgIpc) is 3.15. The van der Waals surface area contributed by atoms with Crippen molar-refractivity contribution in [3.63, 3.8) is 0 Å². The zero-order valence-electron chi connectivity index (χ0n) is 17.4. The van der Waals surface area contributed by atoms with Crippen LogP contribution in [0.2, 0.25) is 0 Å². The van der Waals surface area contributed by atoms with Gasteiger partial charge in [0.15, 0.2) is 5.96 Å². The largest absolute Gasteiger partial charge is 0.357 e. The number of aliphatic imine (C=N–C) groups is 1. The predicted molar refractivity (Wildman–Crippen MR) is 132 cm³/mol. The van der Waals surface area contributed by atoms with Crippen molar-refractivity contribution >= 4 is 41.3 Å². The van der Waals surface area contributed by atoms with Crippen molar-refractivity contribution in [1.82, 2.24) is 20.5 Å². The van der Waals surface area contributed by atoms with E-state index in [1.807, 2.05) is 6.20 Å². The molecule has 0 amide bonds. The lowest BCUT2D eigenvalue weighted by Crippen LogP contribution is -2.40. The van der Waals surface area contributed by atoms with Gasteiger partial charge in [-0.1, -0.05) is 37.3 Å². The maximum absolute atomic E-state index is 4.67. The summed E-state index contributed by atoms with van der Waals surface area (Å²) in [6, 6.07) is 11.1. The van der Waals surface area contributed by atoms with Crippen LogP contribution in [0, 0.1) is 0 Å². The van der Waals surface area contributed by atoms with Crippen molar-refractivity contribution in [1.29, 1.82) is 0 Å². The number of rotatable bonds is 10. The second-order valence-electron chi connectivity index (χ2n) is 6.73. The first-order valence-electron chi connectivity index (χ1n) is 9.82. The molecule has 1 atom stereocenters. The van der Waals surface area contributed by atoms with Gasteiger partial charge in [-0.2, -0.15) is 0 Å². The monoisotopic (exact) mass is 515 g/mol. The van der Waals surface area contributed by atoms with Gasteiger partial charge in [0.25, 0.3) is 0 Å². The molecule has 2 N–H and O–H groups in total. The summed E-state index contributed by atoms with van der Waals surface area (Å²) in [7, 11) is 2.19. The van der Waals surface area contributed by atoms with Crippen LogP contribution in [-0.2, 0) is 19.5 Å². The van der Waals surface area contributed by atoms with E-state index >= 15 is 0 Å². The third kappa shape index (κ3) is 8.87. The van der Waals surface area contributed by atoms with Crippen molar-refractivity contribution in [2.75, 3.05) is 20.1 Å². The van der Waals surface area contributed by atoms with Crippen LogP contribution in [-0.4, -0.2) is 42.0 Å². The molecule has 1 unspecified atom stereocenters. The van der Waals surface area contributed by atoms with Gasteiger partial charge in [-0.05, 0) is 39.3 Å². The molecule has 0 aliphatic rings. The van der Waals surface area contributed by atoms with Crippen molar-refractivity contribution in [2.45, 2.75) is 52.7 Å². The fourth-order valence-corrected chi connectivity index (χ4v) is 3.51. The third-order valence-corrected chi connectivity index (χ3v) is 5.67. The Morgan fingerprint density at radius 1 is 1.21 bits per heavy atom. The minimum absolute atomic E-state index is 0. The third-order valence-electron chi connectivity index (χ3n) is 4.55. The highest BCUT2D eigenvalue weighted by Gasteiger charge is 2.10. The molecule has 0 saturated heterocycles. The molecule has 0 aliphatic heterocycles. The van der Waals surface area contributed by atoms with Crippen LogP contribution >= 0.6 is 35.3 Å². The summed E-state index contributed by atoms with van der Waals surface area (Å²) in [4.78, 5) is 12.8. The Kier molecular flexibility index (Phi) is 12.3. The Balaban J connectivity index is 0.00000392. The Bertz CT molecular complexity index is 689. The van der Waals surface area contributed by atoms with E-state index in [2.05, 4.69) is 83.7 Å². The number of thiazole rings is 1. The summed E-state index contributed by atoms with van der Waals surface area (Å²) >= 11 is 1.75. The normalized spacial score (nSPS) is 12.5. The topological polar surface area (TPSA) is 52.6 Å². The molecule has 2 aromatic rings. The lowest BCUT2D eigenvalue weighted by Gasteiger charge is -2.25. The molecular formula is C21H34IN5S. The van der Waals surface area contributed by atoms with Crippen LogP contribution in [0.1, 0.15) is 42.6 Å². The number of hydrogen-bond donors (Lipinski definition) is 2. The SMILES string of the molecule is CCNC(=NCc1ncc(CC)s1)NCCC(C)N(C)Cc1ccccc1.I. The molecule has 1 aromatic heterocycles. The first-order valence-corrected chi connectivity index (χ1v) is 10.6. The van der Waals surface area contributed by atoms with Gasteiger partial charge in [0.2, 0.25) is 0 Å². The maximum atomic E-state index is 4.67. The van der Waals surface area contributed by atoms with E-state index in [-0.39, 0.29) is 24.0 Å². The first kappa shape index (κ1) is 24.8. The van der Waals surface area contributed by atoms with Gasteiger partial charge in [-0.3, -0.25) is 4.90 Å². The van der Waals surface area contributed by atoms with E-state index in [0.717, 1.165) is 43.4 Å². The minimum Gasteiger partial charge on any atom is -0.357 e. The zero-order chi connectivity index (χ0) is 19.5. The smallest absolute Gasteiger partial charge is 0.191 e. The Morgan fingerprint density at radius 3 is 2.61 bits per heavy atom. The zero-order valence-corrected chi connectivity index (χ0v) is 20.6. The molecule has 0 aliphatic carbocycles. The van der Waals surface area contributed by atoms with E-state index in [4.69, 9.17) is 0 Å². The summed E-state index contributed by atoms with van der Waals surface area (Å²) in [6.45, 7) is 9.87. The van der Waals surface area contributed by atoms with E-state index < -0.39 is 0 Å². The number of hydrogen-bond acceptors (Lipinski definition) is 4. The van der Waals surface area contributed by atoms with E-state index in [1.54, 1.807) is 11.3 Å². The van der Waals surface area contributed by atoms with E-state index in [1.165, 1.54) is 10.4 Å². The Labute approximate surface area is 191 Å². The van der Waals surface area contributed by atoms with Crippen LogP contribution in [0.3, 0.4) is 0 Å². The summed E-state index contributed by atoms with van der Waals surface area (Å²) in [5, 5.41) is 7.84. The van der Waals surface area contributed by atoms with Crippen molar-refractivity contribution < 1.29 is 0 Å². The molecule has 0 saturated carbocycles. The van der Waals surface area contributed by atoms with Crippen LogP contribution in [0.15, 0.2) is 41.5 Å². The highest BCUT2D eigenvalue weighted by atomic mass is 127. The van der Waals surface area contributed by atoms with Crippen molar-refractivity contribution in [2.24, 2.45) is 4.99 Å². The maximum Gasteiger partial charge on any atom is 0.191 e. The van der Waals surface area contributed by atoms with Crippen molar-refractivity contribution in [3.8, 4) is 0 Å². The standard InChI is InChI=1S/C21H33N5S.HI/c1-5-19-14-24-20(27-19)15-25-21(22-6-2)23-13-12-17(3)26(4)16-18-10-8-7-9-11-18;/h7-11,14,17H,5-6,12-13,15-16H2,1-4H3,(H2,22,23,25);1H. The van der Waals surface area contributed by atoms with Crippen molar-refractivity contribution in [3.05, 3.63) is 52.0 Å². The molecule has 1 heterocycles. The van der Waals surface area contributed by atoms with E-state index in [9.17, 15) is 0 Å². The summed E-state index contributed by atoms with van der Waals surface area (Å²) in [5.41, 5.74) is 1.35. The van der Waals surface area contributed by atoms with Gasteiger partial charge in [-0.15, -0.1) is 35.3 Å². The van der Waals surface area contributed by atoms with Gasteiger partial charge in [0.1, 0.15) is 5.01 Å². The number of aryl methyl sites for hydroxylation is 1. The Hall–Kier alpha value is -1.19. The molecule has 28 heavy (non-hydrogen) atoms. The van der Waals surface area contributed by atoms with Gasteiger partial charge < -0.3 is 10.6 Å². The summed E-state index contributed by atoms with van der Waals surface area (Å²) in [5.74, 6) is 0.865. The molecule has 2 rings (SSSR count). The second-order valence-corrected chi connectivity index (χ2v) is 7.93. The molecule has 7 heteroatoms. The average molecular weight is 516 g/mol. The fraction of sp³-hybridized carbons (Fsp3) is 0.524. The number of aromatic nitrogens is 1. The van der Waals surface area contributed by atoms with Gasteiger partial charge in [-0.25, -0.2) is 9.98 Å². The highest BCUT2D eigenvalue weighted by Crippen LogP contribution is 2.14. The van der Waals surface area contributed by atoms with Crippen LogP contribution < -0.4 is 10.6 Å². The van der Waals surface area contributed by atoms with Crippen LogP contribution in [0.4, 0.5) is 0 Å². The second kappa shape index (κ2) is 13.9. The number of nitrogens with one attached hydrogen (secondary N) is 2. The summed E-state index contributed by atoms with van der Waals surface area (Å²) in [6.07, 6.45) is 4.05. The highest BCUT2D eigenvalue weighted by molar-refractivity contribution is 14.0. The van der Waals surface area contributed by atoms with E-state index in [0.29, 0.717) is 12.6 Å². The number of guanidine groups is 1. The lowest BCUT2D eigenvalue weighted by molar-refractivity contribution is 0.238. The van der Waals surface area contributed by atoms with Gasteiger partial charge >= 0.3 is 0 Å². The number of halogens is 1. The fourth-order valence-electron chi connectivity index (χ4n) is 2.72. The molecule has 0 fully saturated rings. The molecule has 5 nitrogen and oxygen atoms in total. The number of nitrogens with zero attached hydrogens (tertiary/aromatic N) is 3. The van der Waals surface area contributed by atoms with Gasteiger partial charge in [0, 0.05) is 36.8 Å². The lowest BCUT2D eigenvalue weighted by atomic mass is 10.1. The summed E-state index contributed by atoms with van der Waals surface area (Å²) < 4.78 is 0. The minimum atomic E-state index is 0. The molecule has 0 spiro atoms. The number of benzene rings is 1. The molecule has 0 bridgehead atoms. The quantitative estimate of drug-likeness (QED) is 0.282. The Morgan fingerprint density at radius 2 is 1.96 bits per heavy atom.